The van der Waals surface area contributed by atoms with E-state index < -0.39 is 0 Å². The van der Waals surface area contributed by atoms with Crippen LogP contribution in [0.15, 0.2) is 36.5 Å². The Kier molecular flexibility index (Phi) is 4.03. The number of benzene rings is 1. The van der Waals surface area contributed by atoms with Crippen LogP contribution < -0.4 is 0 Å². The Morgan fingerprint density at radius 3 is 2.56 bits per heavy atom. The average molecular weight is 260 g/mol. The maximum Gasteiger partial charge on any atom is 0.0643 e. The summed E-state index contributed by atoms with van der Waals surface area (Å²) in [6, 6.07) is 10.4. The zero-order valence-electron chi connectivity index (χ0n) is 11.1. The van der Waals surface area contributed by atoms with Crippen molar-refractivity contribution in [2.24, 2.45) is 0 Å². The number of hydrogen-bond donors (Lipinski definition) is 0. The van der Waals surface area contributed by atoms with Crippen LogP contribution in [0.4, 0.5) is 0 Å². The Labute approximate surface area is 114 Å². The molecule has 0 saturated carbocycles. The van der Waals surface area contributed by atoms with E-state index in [-0.39, 0.29) is 5.38 Å². The molecule has 0 saturated heterocycles. The van der Waals surface area contributed by atoms with Crippen molar-refractivity contribution in [1.82, 2.24) is 4.98 Å². The third kappa shape index (κ3) is 2.91. The van der Waals surface area contributed by atoms with E-state index in [1.165, 1.54) is 22.3 Å². The van der Waals surface area contributed by atoms with Crippen LogP contribution >= 0.6 is 11.6 Å². The molecule has 0 aliphatic rings. The Balaban J connectivity index is 2.19. The third-order valence-corrected chi connectivity index (χ3v) is 3.73. The normalized spacial score (nSPS) is 12.4. The number of aromatic nitrogens is 1. The van der Waals surface area contributed by atoms with E-state index in [1.807, 2.05) is 13.1 Å². The van der Waals surface area contributed by atoms with Gasteiger partial charge in [0.1, 0.15) is 0 Å². The van der Waals surface area contributed by atoms with E-state index in [0.29, 0.717) is 0 Å². The van der Waals surface area contributed by atoms with Gasteiger partial charge in [-0.2, -0.15) is 0 Å². The molecule has 1 aromatic carbocycles. The fourth-order valence-electron chi connectivity index (χ4n) is 2.03. The topological polar surface area (TPSA) is 12.9 Å². The molecule has 0 amide bonds. The van der Waals surface area contributed by atoms with E-state index in [2.05, 4.69) is 49.2 Å². The van der Waals surface area contributed by atoms with Crippen molar-refractivity contribution in [3.63, 3.8) is 0 Å². The molecule has 0 spiro atoms. The molecule has 94 valence electrons. The van der Waals surface area contributed by atoms with Gasteiger partial charge in [0.15, 0.2) is 0 Å². The molecule has 0 N–H and O–H groups in total. The Bertz CT molecular complexity index is 531. The highest BCUT2D eigenvalue weighted by Crippen LogP contribution is 2.28. The summed E-state index contributed by atoms with van der Waals surface area (Å²) in [6.07, 6.45) is 2.66. The first-order chi connectivity index (χ1) is 8.58. The molecule has 1 heterocycles. The van der Waals surface area contributed by atoms with E-state index in [9.17, 15) is 0 Å². The summed E-state index contributed by atoms with van der Waals surface area (Å²) < 4.78 is 0. The smallest absolute Gasteiger partial charge is 0.0643 e. The van der Waals surface area contributed by atoms with Crippen molar-refractivity contribution in [2.75, 3.05) is 0 Å². The lowest BCUT2D eigenvalue weighted by molar-refractivity contribution is 0.869. The van der Waals surface area contributed by atoms with Gasteiger partial charge in [-0.1, -0.05) is 24.3 Å². The molecule has 1 unspecified atom stereocenters. The lowest BCUT2D eigenvalue weighted by Crippen LogP contribution is -2.01. The maximum absolute atomic E-state index is 6.52. The van der Waals surface area contributed by atoms with Crippen molar-refractivity contribution in [2.45, 2.75) is 32.6 Å². The minimum atomic E-state index is -0.0138. The SMILES string of the molecule is Cc1ccc(CC(Cl)c2cccc(C)c2C)nc1. The lowest BCUT2D eigenvalue weighted by atomic mass is 9.98. The van der Waals surface area contributed by atoms with Gasteiger partial charge in [0.05, 0.1) is 5.38 Å². The van der Waals surface area contributed by atoms with Crippen LogP contribution in [-0.4, -0.2) is 4.98 Å². The van der Waals surface area contributed by atoms with E-state index in [0.717, 1.165) is 12.1 Å². The first-order valence-corrected chi connectivity index (χ1v) is 6.63. The molecule has 0 bridgehead atoms. The van der Waals surface area contributed by atoms with Gasteiger partial charge in [0.25, 0.3) is 0 Å². The molecule has 1 atom stereocenters. The van der Waals surface area contributed by atoms with Crippen LogP contribution in [-0.2, 0) is 6.42 Å². The average Bonchev–Trinajstić information content (AvgIpc) is 2.35. The molecule has 0 aliphatic heterocycles. The second kappa shape index (κ2) is 5.53. The Hall–Kier alpha value is -1.34. The minimum absolute atomic E-state index is 0.0138. The highest BCUT2D eigenvalue weighted by atomic mass is 35.5. The molecule has 0 radical (unpaired) electrons. The summed E-state index contributed by atoms with van der Waals surface area (Å²) in [5, 5.41) is -0.0138. The Morgan fingerprint density at radius 2 is 1.89 bits per heavy atom. The van der Waals surface area contributed by atoms with Crippen LogP contribution in [0.2, 0.25) is 0 Å². The molecule has 0 fully saturated rings. The molecular formula is C16H18ClN. The predicted octanol–water partition coefficient (Wildman–Crippen LogP) is 4.53. The molecule has 1 nitrogen and oxygen atoms in total. The number of alkyl halides is 1. The number of pyridine rings is 1. The first kappa shape index (κ1) is 13.1. The number of aryl methyl sites for hydroxylation is 2. The van der Waals surface area contributed by atoms with Crippen molar-refractivity contribution < 1.29 is 0 Å². The second-order valence-corrected chi connectivity index (χ2v) is 5.31. The number of nitrogens with zero attached hydrogens (tertiary/aromatic N) is 1. The summed E-state index contributed by atoms with van der Waals surface area (Å²) in [6.45, 7) is 6.29. The largest absolute Gasteiger partial charge is 0.261 e. The van der Waals surface area contributed by atoms with Crippen LogP contribution in [0.25, 0.3) is 0 Å². The summed E-state index contributed by atoms with van der Waals surface area (Å²) in [4.78, 5) is 4.41. The molecule has 2 aromatic rings. The summed E-state index contributed by atoms with van der Waals surface area (Å²) in [5.74, 6) is 0. The van der Waals surface area contributed by atoms with Gasteiger partial charge in [-0.25, -0.2) is 0 Å². The third-order valence-electron chi connectivity index (χ3n) is 3.34. The predicted molar refractivity (Wildman–Crippen MR) is 77.2 cm³/mol. The van der Waals surface area contributed by atoms with Gasteiger partial charge in [-0.05, 0) is 49.1 Å². The zero-order chi connectivity index (χ0) is 13.1. The second-order valence-electron chi connectivity index (χ2n) is 4.79. The fourth-order valence-corrected chi connectivity index (χ4v) is 2.42. The van der Waals surface area contributed by atoms with E-state index in [4.69, 9.17) is 11.6 Å². The molecule has 2 rings (SSSR count). The number of rotatable bonds is 3. The number of hydrogen-bond acceptors (Lipinski definition) is 1. The lowest BCUT2D eigenvalue weighted by Gasteiger charge is -2.14. The van der Waals surface area contributed by atoms with Crippen LogP contribution in [0.3, 0.4) is 0 Å². The van der Waals surface area contributed by atoms with Crippen molar-refractivity contribution in [3.05, 3.63) is 64.5 Å². The summed E-state index contributed by atoms with van der Waals surface area (Å²) in [7, 11) is 0. The van der Waals surface area contributed by atoms with E-state index >= 15 is 0 Å². The summed E-state index contributed by atoms with van der Waals surface area (Å²) >= 11 is 6.52. The van der Waals surface area contributed by atoms with Gasteiger partial charge < -0.3 is 0 Å². The van der Waals surface area contributed by atoms with Crippen molar-refractivity contribution >= 4 is 11.6 Å². The van der Waals surface area contributed by atoms with Crippen LogP contribution in [0, 0.1) is 20.8 Å². The van der Waals surface area contributed by atoms with Gasteiger partial charge in [-0.15, -0.1) is 11.6 Å². The van der Waals surface area contributed by atoms with Crippen molar-refractivity contribution in [1.29, 1.82) is 0 Å². The monoisotopic (exact) mass is 259 g/mol. The minimum Gasteiger partial charge on any atom is -0.261 e. The van der Waals surface area contributed by atoms with Gasteiger partial charge in [-0.3, -0.25) is 4.98 Å². The zero-order valence-corrected chi connectivity index (χ0v) is 11.8. The molecule has 0 aliphatic carbocycles. The quantitative estimate of drug-likeness (QED) is 0.738. The Morgan fingerprint density at radius 1 is 1.11 bits per heavy atom. The molecule has 1 aromatic heterocycles. The molecular weight excluding hydrogens is 242 g/mol. The number of halogens is 1. The van der Waals surface area contributed by atoms with Gasteiger partial charge >= 0.3 is 0 Å². The molecule has 2 heteroatoms. The molecule has 18 heavy (non-hydrogen) atoms. The highest BCUT2D eigenvalue weighted by Gasteiger charge is 2.12. The first-order valence-electron chi connectivity index (χ1n) is 6.19. The van der Waals surface area contributed by atoms with Crippen LogP contribution in [0.5, 0.6) is 0 Å². The highest BCUT2D eigenvalue weighted by molar-refractivity contribution is 6.21. The summed E-state index contributed by atoms with van der Waals surface area (Å²) in [5.41, 5.74) is 6.00. The van der Waals surface area contributed by atoms with E-state index in [1.54, 1.807) is 0 Å². The maximum atomic E-state index is 6.52. The standard InChI is InChI=1S/C16H18ClN/c1-11-7-8-14(18-10-11)9-16(17)15-6-4-5-12(2)13(15)3/h4-8,10,16H,9H2,1-3H3. The van der Waals surface area contributed by atoms with Crippen molar-refractivity contribution in [3.8, 4) is 0 Å². The van der Waals surface area contributed by atoms with Crippen LogP contribution in [0.1, 0.15) is 33.3 Å². The van der Waals surface area contributed by atoms with Gasteiger partial charge in [0, 0.05) is 18.3 Å². The fraction of sp³-hybridized carbons (Fsp3) is 0.312. The van der Waals surface area contributed by atoms with Gasteiger partial charge in [0.2, 0.25) is 0 Å².